The van der Waals surface area contributed by atoms with Crippen molar-refractivity contribution in [2.75, 3.05) is 7.11 Å². The largest absolute Gasteiger partial charge is 0.495 e. The average Bonchev–Trinajstić information content (AvgIpc) is 2.26. The van der Waals surface area contributed by atoms with Crippen LogP contribution in [0.2, 0.25) is 0 Å². The summed E-state index contributed by atoms with van der Waals surface area (Å²) in [6.07, 6.45) is 0. The number of ether oxygens (including phenoxy) is 1. The molecular weight excluding hydrogens is 200 g/mol. The third kappa shape index (κ3) is 1.87. The van der Waals surface area contributed by atoms with E-state index in [0.29, 0.717) is 5.56 Å². The molecule has 0 unspecified atom stereocenters. The van der Waals surface area contributed by atoms with Gasteiger partial charge in [-0.25, -0.2) is 0 Å². The molecule has 15 heavy (non-hydrogen) atoms. The number of methoxy groups -OCH3 is 1. The predicted molar refractivity (Wildman–Crippen MR) is 50.3 cm³/mol. The first-order valence-electron chi connectivity index (χ1n) is 4.01. The highest BCUT2D eigenvalue weighted by Crippen LogP contribution is 2.31. The predicted octanol–water partition coefficient (Wildman–Crippen LogP) is 0.967. The van der Waals surface area contributed by atoms with E-state index in [-0.39, 0.29) is 23.6 Å². The van der Waals surface area contributed by atoms with Crippen LogP contribution in [0.25, 0.3) is 0 Å². The highest BCUT2D eigenvalue weighted by Gasteiger charge is 2.20. The molecule has 0 atom stereocenters. The van der Waals surface area contributed by atoms with Crippen LogP contribution >= 0.6 is 0 Å². The van der Waals surface area contributed by atoms with Crippen molar-refractivity contribution in [3.63, 3.8) is 0 Å². The first-order chi connectivity index (χ1) is 7.15. The maximum absolute atomic E-state index is 10.6. The smallest absolute Gasteiger partial charge is 0.290 e. The van der Waals surface area contributed by atoms with E-state index < -0.39 is 4.92 Å². The monoisotopic (exact) mass is 208 g/mol. The summed E-state index contributed by atoms with van der Waals surface area (Å²) in [5.74, 6) is 0.0502. The molecule has 0 spiro atoms. The van der Waals surface area contributed by atoms with Gasteiger partial charge in [0.15, 0.2) is 5.56 Å². The van der Waals surface area contributed by atoms with Gasteiger partial charge in [-0.15, -0.1) is 0 Å². The van der Waals surface area contributed by atoms with Crippen LogP contribution in [0.1, 0.15) is 11.1 Å². The summed E-state index contributed by atoms with van der Waals surface area (Å²) in [4.78, 5) is 9.92. The zero-order valence-corrected chi connectivity index (χ0v) is 7.93. The minimum atomic E-state index is -0.664. The molecule has 1 rings (SSSR count). The molecule has 0 aromatic heterocycles. The molecule has 6 nitrogen and oxygen atoms in total. The Bertz CT molecular complexity index is 436. The Labute approximate surface area is 85.5 Å². The number of nitro benzene ring substituents is 1. The molecule has 0 aliphatic rings. The molecule has 6 heteroatoms. The first kappa shape index (κ1) is 10.9. The van der Waals surface area contributed by atoms with E-state index in [2.05, 4.69) is 0 Å². The molecule has 0 saturated heterocycles. The van der Waals surface area contributed by atoms with Crippen LogP contribution < -0.4 is 4.74 Å². The molecule has 0 saturated carbocycles. The summed E-state index contributed by atoms with van der Waals surface area (Å²) in [6, 6.07) is 4.23. The third-order valence-corrected chi connectivity index (χ3v) is 1.90. The number of aliphatic hydroxyl groups excluding tert-OH is 1. The van der Waals surface area contributed by atoms with Crippen LogP contribution in [0.15, 0.2) is 12.1 Å². The number of nitriles is 1. The minimum absolute atomic E-state index is 0.0502. The van der Waals surface area contributed by atoms with Crippen LogP contribution in [-0.2, 0) is 6.61 Å². The van der Waals surface area contributed by atoms with Crippen molar-refractivity contribution in [3.05, 3.63) is 33.4 Å². The van der Waals surface area contributed by atoms with E-state index >= 15 is 0 Å². The lowest BCUT2D eigenvalue weighted by Gasteiger charge is -2.07. The zero-order chi connectivity index (χ0) is 11.4. The van der Waals surface area contributed by atoms with Crippen LogP contribution in [0.5, 0.6) is 5.75 Å². The molecule has 0 heterocycles. The molecule has 0 bridgehead atoms. The normalized spacial score (nSPS) is 9.40. The Balaban J connectivity index is 3.50. The van der Waals surface area contributed by atoms with Gasteiger partial charge in [-0.2, -0.15) is 5.26 Å². The number of rotatable bonds is 3. The van der Waals surface area contributed by atoms with Gasteiger partial charge in [0.25, 0.3) is 5.69 Å². The summed E-state index contributed by atoms with van der Waals surface area (Å²) < 4.78 is 4.86. The van der Waals surface area contributed by atoms with Gasteiger partial charge in [0.1, 0.15) is 11.8 Å². The minimum Gasteiger partial charge on any atom is -0.495 e. The lowest BCUT2D eigenvalue weighted by molar-refractivity contribution is -0.385. The molecule has 1 N–H and O–H groups in total. The van der Waals surface area contributed by atoms with E-state index in [0.717, 1.165) is 0 Å². The van der Waals surface area contributed by atoms with Gasteiger partial charge < -0.3 is 9.84 Å². The van der Waals surface area contributed by atoms with Crippen LogP contribution in [0.4, 0.5) is 5.69 Å². The van der Waals surface area contributed by atoms with Crippen molar-refractivity contribution in [1.82, 2.24) is 0 Å². The quantitative estimate of drug-likeness (QED) is 0.589. The molecular formula is C9H8N2O4. The molecule has 1 aromatic rings. The fourth-order valence-electron chi connectivity index (χ4n) is 1.23. The summed E-state index contributed by atoms with van der Waals surface area (Å²) in [6.45, 7) is -0.337. The topological polar surface area (TPSA) is 96.4 Å². The van der Waals surface area contributed by atoms with Gasteiger partial charge in [-0.1, -0.05) is 0 Å². The van der Waals surface area contributed by atoms with Crippen molar-refractivity contribution < 1.29 is 14.8 Å². The first-order valence-corrected chi connectivity index (χ1v) is 4.01. The van der Waals surface area contributed by atoms with Crippen molar-refractivity contribution in [2.45, 2.75) is 6.61 Å². The highest BCUT2D eigenvalue weighted by molar-refractivity contribution is 5.60. The van der Waals surface area contributed by atoms with E-state index in [4.69, 9.17) is 15.1 Å². The van der Waals surface area contributed by atoms with Gasteiger partial charge in [-0.3, -0.25) is 10.1 Å². The summed E-state index contributed by atoms with van der Waals surface area (Å²) in [7, 11) is 1.29. The Hall–Kier alpha value is -2.13. The number of benzene rings is 1. The fraction of sp³-hybridized carbons (Fsp3) is 0.222. The highest BCUT2D eigenvalue weighted by atomic mass is 16.6. The number of aliphatic hydroxyl groups is 1. The van der Waals surface area contributed by atoms with Crippen molar-refractivity contribution >= 4 is 5.69 Å². The van der Waals surface area contributed by atoms with E-state index in [1.54, 1.807) is 6.07 Å². The number of hydrogen-bond acceptors (Lipinski definition) is 5. The third-order valence-electron chi connectivity index (χ3n) is 1.90. The van der Waals surface area contributed by atoms with Gasteiger partial charge in [0.05, 0.1) is 18.6 Å². The second-order valence-corrected chi connectivity index (χ2v) is 2.68. The van der Waals surface area contributed by atoms with Crippen molar-refractivity contribution in [2.24, 2.45) is 0 Å². The Kier molecular flexibility index (Phi) is 3.21. The standard InChI is InChI=1S/C9H8N2O4/c1-15-9-6(5-12)2-3-8(11(13)14)7(9)4-10/h2-3,12H,5H2,1H3. The maximum atomic E-state index is 10.6. The number of nitrogens with zero attached hydrogens (tertiary/aromatic N) is 2. The second-order valence-electron chi connectivity index (χ2n) is 2.68. The molecule has 78 valence electrons. The molecule has 0 amide bonds. The zero-order valence-electron chi connectivity index (χ0n) is 7.93. The fourth-order valence-corrected chi connectivity index (χ4v) is 1.23. The lowest BCUT2D eigenvalue weighted by atomic mass is 10.1. The Morgan fingerprint density at radius 2 is 2.33 bits per heavy atom. The van der Waals surface area contributed by atoms with E-state index in [9.17, 15) is 10.1 Å². The summed E-state index contributed by atoms with van der Waals surface area (Å²) in [5, 5.41) is 28.3. The van der Waals surface area contributed by atoms with Gasteiger partial charge >= 0.3 is 0 Å². The average molecular weight is 208 g/mol. The molecule has 0 aliphatic heterocycles. The molecule has 0 fully saturated rings. The summed E-state index contributed by atoms with van der Waals surface area (Å²) in [5.41, 5.74) is -0.153. The van der Waals surface area contributed by atoms with E-state index in [1.165, 1.54) is 19.2 Å². The van der Waals surface area contributed by atoms with Crippen LogP contribution in [0.3, 0.4) is 0 Å². The lowest BCUT2D eigenvalue weighted by Crippen LogP contribution is -1.99. The van der Waals surface area contributed by atoms with E-state index in [1.807, 2.05) is 0 Å². The maximum Gasteiger partial charge on any atom is 0.290 e. The second kappa shape index (κ2) is 4.39. The van der Waals surface area contributed by atoms with Crippen molar-refractivity contribution in [3.8, 4) is 11.8 Å². The SMILES string of the molecule is COc1c(CO)ccc([N+](=O)[O-])c1C#N. The number of hydrogen-bond donors (Lipinski definition) is 1. The summed E-state index contributed by atoms with van der Waals surface area (Å²) >= 11 is 0. The van der Waals surface area contributed by atoms with Crippen LogP contribution in [0, 0.1) is 21.4 Å². The van der Waals surface area contributed by atoms with Crippen molar-refractivity contribution in [1.29, 1.82) is 5.26 Å². The molecule has 1 aromatic carbocycles. The van der Waals surface area contributed by atoms with Gasteiger partial charge in [0, 0.05) is 11.6 Å². The van der Waals surface area contributed by atoms with Gasteiger partial charge in [0.2, 0.25) is 0 Å². The Morgan fingerprint density at radius 1 is 1.67 bits per heavy atom. The van der Waals surface area contributed by atoms with Gasteiger partial charge in [-0.05, 0) is 6.07 Å². The molecule has 0 aliphatic carbocycles. The Morgan fingerprint density at radius 3 is 2.73 bits per heavy atom. The van der Waals surface area contributed by atoms with Crippen LogP contribution in [-0.4, -0.2) is 17.1 Å². The number of nitro groups is 1. The molecule has 0 radical (unpaired) electrons.